The number of anilines is 2. The number of imide groups is 1. The monoisotopic (exact) mass is 506 g/mol. The third-order valence-electron chi connectivity index (χ3n) is 5.10. The zero-order chi connectivity index (χ0) is 25.1. The molecule has 3 aromatic rings. The highest BCUT2D eigenvalue weighted by Gasteiger charge is 2.40. The number of nitrogens with zero attached hydrogens (tertiary/aromatic N) is 1. The van der Waals surface area contributed by atoms with Crippen LogP contribution in [0.3, 0.4) is 0 Å². The normalized spacial score (nSPS) is 13.6. The zero-order valence-corrected chi connectivity index (χ0v) is 20.9. The third-order valence-corrected chi connectivity index (χ3v) is 6.44. The van der Waals surface area contributed by atoms with Crippen molar-refractivity contribution in [3.8, 4) is 0 Å². The summed E-state index contributed by atoms with van der Waals surface area (Å²) in [7, 11) is 0. The largest absolute Gasteiger partial charge is 0.459 e. The average Bonchev–Trinajstić information content (AvgIpc) is 3.05. The van der Waals surface area contributed by atoms with Crippen molar-refractivity contribution in [1.82, 2.24) is 0 Å². The molecule has 2 amide bonds. The van der Waals surface area contributed by atoms with Crippen molar-refractivity contribution in [2.45, 2.75) is 31.8 Å². The van der Waals surface area contributed by atoms with Crippen molar-refractivity contribution < 1.29 is 19.1 Å². The van der Waals surface area contributed by atoms with Gasteiger partial charge in [-0.15, -0.1) is 0 Å². The number of nitrogens with one attached hydrogen (secondary N) is 1. The van der Waals surface area contributed by atoms with E-state index in [4.69, 9.17) is 16.3 Å². The molecule has 0 aromatic heterocycles. The number of rotatable bonds is 7. The fourth-order valence-corrected chi connectivity index (χ4v) is 4.43. The van der Waals surface area contributed by atoms with Gasteiger partial charge in [0.15, 0.2) is 0 Å². The van der Waals surface area contributed by atoms with Crippen molar-refractivity contribution in [3.63, 3.8) is 0 Å². The topological polar surface area (TPSA) is 75.7 Å². The quantitative estimate of drug-likeness (QED) is 0.303. The van der Waals surface area contributed by atoms with Crippen LogP contribution < -0.4 is 10.2 Å². The van der Waals surface area contributed by atoms with Gasteiger partial charge in [-0.25, -0.2) is 9.69 Å². The lowest BCUT2D eigenvalue weighted by Gasteiger charge is -2.16. The molecule has 8 heteroatoms. The maximum atomic E-state index is 13.5. The predicted octanol–water partition coefficient (Wildman–Crippen LogP) is 6.20. The third kappa shape index (κ3) is 5.58. The van der Waals surface area contributed by atoms with Crippen LogP contribution in [-0.4, -0.2) is 23.9 Å². The first kappa shape index (κ1) is 24.6. The van der Waals surface area contributed by atoms with Crippen LogP contribution in [0, 0.1) is 6.92 Å². The Bertz CT molecular complexity index is 1230. The highest BCUT2D eigenvalue weighted by atomic mass is 35.5. The first-order chi connectivity index (χ1) is 16.7. The SMILES string of the molecule is Cc1ccc(NC2=C(Sc3ccc(Cl)cc3)C(=O)N(c3ccc(C(=O)OC(C)C)cc3)C2=O)cc1. The molecule has 0 atom stereocenters. The summed E-state index contributed by atoms with van der Waals surface area (Å²) < 4.78 is 5.21. The molecule has 6 nitrogen and oxygen atoms in total. The zero-order valence-electron chi connectivity index (χ0n) is 19.4. The number of thioether (sulfide) groups is 1. The Morgan fingerprint density at radius 2 is 1.54 bits per heavy atom. The predicted molar refractivity (Wildman–Crippen MR) is 139 cm³/mol. The van der Waals surface area contributed by atoms with Gasteiger partial charge in [0, 0.05) is 15.6 Å². The molecule has 1 aliphatic heterocycles. The second kappa shape index (κ2) is 10.4. The molecule has 0 radical (unpaired) electrons. The molecule has 0 saturated heterocycles. The minimum atomic E-state index is -0.482. The summed E-state index contributed by atoms with van der Waals surface area (Å²) in [4.78, 5) is 41.2. The van der Waals surface area contributed by atoms with Gasteiger partial charge in [-0.1, -0.05) is 41.1 Å². The number of aryl methyl sites for hydroxylation is 1. The highest BCUT2D eigenvalue weighted by molar-refractivity contribution is 8.04. The van der Waals surface area contributed by atoms with E-state index in [2.05, 4.69) is 5.32 Å². The molecule has 35 heavy (non-hydrogen) atoms. The van der Waals surface area contributed by atoms with Crippen molar-refractivity contribution >= 4 is 52.5 Å². The number of amides is 2. The van der Waals surface area contributed by atoms with E-state index in [-0.39, 0.29) is 16.7 Å². The highest BCUT2D eigenvalue weighted by Crippen LogP contribution is 2.38. The molecule has 1 heterocycles. The van der Waals surface area contributed by atoms with Gasteiger partial charge >= 0.3 is 5.97 Å². The van der Waals surface area contributed by atoms with E-state index in [1.54, 1.807) is 50.2 Å². The van der Waals surface area contributed by atoms with E-state index in [0.717, 1.165) is 15.4 Å². The van der Waals surface area contributed by atoms with Gasteiger partial charge in [-0.2, -0.15) is 0 Å². The number of esters is 1. The summed E-state index contributed by atoms with van der Waals surface area (Å²) in [5.41, 5.74) is 2.64. The molecule has 0 aliphatic carbocycles. The molecule has 1 aliphatic rings. The molecule has 0 spiro atoms. The average molecular weight is 507 g/mol. The first-order valence-electron chi connectivity index (χ1n) is 10.9. The minimum absolute atomic E-state index is 0.182. The van der Waals surface area contributed by atoms with Crippen LogP contribution >= 0.6 is 23.4 Å². The number of benzene rings is 3. The van der Waals surface area contributed by atoms with E-state index < -0.39 is 17.8 Å². The lowest BCUT2D eigenvalue weighted by molar-refractivity contribution is -0.120. The van der Waals surface area contributed by atoms with Gasteiger partial charge in [-0.3, -0.25) is 9.59 Å². The van der Waals surface area contributed by atoms with Crippen molar-refractivity contribution in [3.05, 3.63) is 99.5 Å². The van der Waals surface area contributed by atoms with Gasteiger partial charge in [0.1, 0.15) is 10.6 Å². The van der Waals surface area contributed by atoms with Gasteiger partial charge < -0.3 is 10.1 Å². The molecular formula is C27H23ClN2O4S. The second-order valence-electron chi connectivity index (χ2n) is 8.20. The summed E-state index contributed by atoms with van der Waals surface area (Å²) >= 11 is 7.19. The van der Waals surface area contributed by atoms with E-state index >= 15 is 0 Å². The number of halogens is 1. The number of carbonyl (C=O) groups excluding carboxylic acids is 3. The summed E-state index contributed by atoms with van der Waals surface area (Å²) in [5.74, 6) is -1.41. The molecule has 3 aromatic carbocycles. The van der Waals surface area contributed by atoms with E-state index in [1.165, 1.54) is 23.9 Å². The molecule has 4 rings (SSSR count). The van der Waals surface area contributed by atoms with Gasteiger partial charge in [-0.05, 0) is 81.4 Å². The van der Waals surface area contributed by atoms with E-state index in [1.807, 2.05) is 31.2 Å². The van der Waals surface area contributed by atoms with Crippen LogP contribution in [0.5, 0.6) is 0 Å². The van der Waals surface area contributed by atoms with Crippen LogP contribution in [-0.2, 0) is 14.3 Å². The van der Waals surface area contributed by atoms with E-state index in [0.29, 0.717) is 22.0 Å². The lowest BCUT2D eigenvalue weighted by atomic mass is 10.2. The smallest absolute Gasteiger partial charge is 0.338 e. The van der Waals surface area contributed by atoms with Gasteiger partial charge in [0.25, 0.3) is 11.8 Å². The fourth-order valence-electron chi connectivity index (χ4n) is 3.38. The summed E-state index contributed by atoms with van der Waals surface area (Å²) in [6.45, 7) is 5.50. The Morgan fingerprint density at radius 3 is 2.14 bits per heavy atom. The molecule has 0 fully saturated rings. The van der Waals surface area contributed by atoms with Crippen molar-refractivity contribution in [2.75, 3.05) is 10.2 Å². The van der Waals surface area contributed by atoms with Crippen molar-refractivity contribution in [2.24, 2.45) is 0 Å². The van der Waals surface area contributed by atoms with Crippen LogP contribution in [0.15, 0.2) is 88.3 Å². The molecule has 1 N–H and O–H groups in total. The molecule has 0 unspecified atom stereocenters. The van der Waals surface area contributed by atoms with Crippen LogP contribution in [0.4, 0.5) is 11.4 Å². The fraction of sp³-hybridized carbons (Fsp3) is 0.148. The Morgan fingerprint density at radius 1 is 0.914 bits per heavy atom. The van der Waals surface area contributed by atoms with Gasteiger partial charge in [0.2, 0.25) is 0 Å². The number of hydrogen-bond acceptors (Lipinski definition) is 6. The second-order valence-corrected chi connectivity index (χ2v) is 9.72. The molecule has 178 valence electrons. The Balaban J connectivity index is 1.66. The standard InChI is InChI=1S/C27H23ClN2O4S/c1-16(2)34-27(33)18-6-12-21(13-7-18)30-25(31)23(29-20-10-4-17(3)5-11-20)24(26(30)32)35-22-14-8-19(28)9-15-22/h4-16,29H,1-3H3. The maximum absolute atomic E-state index is 13.5. The van der Waals surface area contributed by atoms with Crippen LogP contribution in [0.2, 0.25) is 5.02 Å². The molecule has 0 saturated carbocycles. The van der Waals surface area contributed by atoms with E-state index in [9.17, 15) is 14.4 Å². The van der Waals surface area contributed by atoms with Crippen LogP contribution in [0.1, 0.15) is 29.8 Å². The molecular weight excluding hydrogens is 484 g/mol. The Hall–Kier alpha value is -3.55. The number of ether oxygens (including phenoxy) is 1. The number of carbonyl (C=O) groups is 3. The summed E-state index contributed by atoms with van der Waals surface area (Å²) in [6, 6.07) is 20.8. The van der Waals surface area contributed by atoms with Gasteiger partial charge in [0.05, 0.1) is 17.4 Å². The molecule has 0 bridgehead atoms. The lowest BCUT2D eigenvalue weighted by Crippen LogP contribution is -2.32. The summed E-state index contributed by atoms with van der Waals surface area (Å²) in [5, 5.41) is 3.70. The number of hydrogen-bond donors (Lipinski definition) is 1. The first-order valence-corrected chi connectivity index (χ1v) is 12.1. The van der Waals surface area contributed by atoms with Crippen molar-refractivity contribution in [1.29, 1.82) is 0 Å². The Labute approximate surface area is 212 Å². The maximum Gasteiger partial charge on any atom is 0.338 e. The Kier molecular flexibility index (Phi) is 7.28. The minimum Gasteiger partial charge on any atom is -0.459 e. The van der Waals surface area contributed by atoms with Crippen LogP contribution in [0.25, 0.3) is 0 Å². The summed E-state index contributed by atoms with van der Waals surface area (Å²) in [6.07, 6.45) is -0.254.